The van der Waals surface area contributed by atoms with E-state index in [0.29, 0.717) is 27.7 Å². The van der Waals surface area contributed by atoms with Crippen LogP contribution >= 0.6 is 11.3 Å². The van der Waals surface area contributed by atoms with Crippen LogP contribution in [-0.2, 0) is 6.18 Å². The SMILES string of the molecule is Nc1cc(-c2cnc(C(F)(F)F)s2)nc(C2CC2)n1. The van der Waals surface area contributed by atoms with Crippen molar-refractivity contribution in [1.82, 2.24) is 15.0 Å². The van der Waals surface area contributed by atoms with Crippen LogP contribution in [0.4, 0.5) is 19.0 Å². The number of nitrogens with zero attached hydrogens (tertiary/aromatic N) is 3. The van der Waals surface area contributed by atoms with Gasteiger partial charge in [0.05, 0.1) is 10.6 Å². The third-order valence-electron chi connectivity index (χ3n) is 2.71. The molecule has 0 unspecified atom stereocenters. The van der Waals surface area contributed by atoms with E-state index in [0.717, 1.165) is 12.8 Å². The molecule has 0 spiro atoms. The summed E-state index contributed by atoms with van der Waals surface area (Å²) < 4.78 is 37.5. The van der Waals surface area contributed by atoms with E-state index in [9.17, 15) is 13.2 Å². The van der Waals surface area contributed by atoms with Crippen LogP contribution in [0.15, 0.2) is 12.3 Å². The minimum atomic E-state index is -4.43. The standard InChI is InChI=1S/C11H9F3N4S/c12-11(13,14)10-16-4-7(19-10)6-3-8(15)18-9(17-6)5-1-2-5/h3-5H,1-2H2,(H2,15,17,18). The molecule has 1 aliphatic carbocycles. The van der Waals surface area contributed by atoms with Gasteiger partial charge in [-0.1, -0.05) is 0 Å². The third kappa shape index (κ3) is 2.53. The van der Waals surface area contributed by atoms with Gasteiger partial charge in [-0.2, -0.15) is 13.2 Å². The highest BCUT2D eigenvalue weighted by atomic mass is 32.1. The third-order valence-corrected chi connectivity index (χ3v) is 3.77. The average molecular weight is 286 g/mol. The number of aromatic nitrogens is 3. The lowest BCUT2D eigenvalue weighted by Gasteiger charge is -2.03. The maximum Gasteiger partial charge on any atom is 0.443 e. The Hall–Kier alpha value is -1.70. The quantitative estimate of drug-likeness (QED) is 0.921. The Morgan fingerprint density at radius 2 is 2.00 bits per heavy atom. The smallest absolute Gasteiger partial charge is 0.384 e. The van der Waals surface area contributed by atoms with Gasteiger partial charge in [-0.25, -0.2) is 15.0 Å². The van der Waals surface area contributed by atoms with Crippen molar-refractivity contribution in [3.8, 4) is 10.6 Å². The second kappa shape index (κ2) is 4.16. The molecule has 2 aromatic heterocycles. The molecule has 4 nitrogen and oxygen atoms in total. The van der Waals surface area contributed by atoms with Gasteiger partial charge in [0, 0.05) is 18.2 Å². The number of alkyl halides is 3. The summed E-state index contributed by atoms with van der Waals surface area (Å²) in [5, 5.41) is -0.882. The number of nitrogen functional groups attached to an aromatic ring is 1. The fourth-order valence-electron chi connectivity index (χ4n) is 1.66. The first-order valence-corrected chi connectivity index (χ1v) is 6.43. The zero-order valence-corrected chi connectivity index (χ0v) is 10.4. The Balaban J connectivity index is 1.99. The first kappa shape index (κ1) is 12.3. The van der Waals surface area contributed by atoms with Crippen molar-refractivity contribution in [1.29, 1.82) is 0 Å². The molecule has 1 saturated carbocycles. The lowest BCUT2D eigenvalue weighted by Crippen LogP contribution is -2.02. The van der Waals surface area contributed by atoms with Gasteiger partial charge in [0.25, 0.3) is 0 Å². The van der Waals surface area contributed by atoms with E-state index in [1.54, 1.807) is 0 Å². The van der Waals surface area contributed by atoms with E-state index >= 15 is 0 Å². The average Bonchev–Trinajstić information content (AvgIpc) is 3.03. The van der Waals surface area contributed by atoms with Crippen LogP contribution in [-0.4, -0.2) is 15.0 Å². The molecule has 0 bridgehead atoms. The van der Waals surface area contributed by atoms with Crippen LogP contribution in [0.5, 0.6) is 0 Å². The Kier molecular flexibility index (Phi) is 2.70. The minimum Gasteiger partial charge on any atom is -0.384 e. The largest absolute Gasteiger partial charge is 0.443 e. The van der Waals surface area contributed by atoms with E-state index in [2.05, 4.69) is 15.0 Å². The predicted octanol–water partition coefficient (Wildman–Crippen LogP) is 3.08. The van der Waals surface area contributed by atoms with Crippen LogP contribution in [0, 0.1) is 0 Å². The van der Waals surface area contributed by atoms with Crippen molar-refractivity contribution in [3.63, 3.8) is 0 Å². The molecule has 1 aliphatic rings. The van der Waals surface area contributed by atoms with E-state index < -0.39 is 11.2 Å². The molecule has 3 rings (SSSR count). The number of anilines is 1. The second-order valence-corrected chi connectivity index (χ2v) is 5.37. The highest BCUT2D eigenvalue weighted by Crippen LogP contribution is 2.40. The summed E-state index contributed by atoms with van der Waals surface area (Å²) >= 11 is 0.561. The van der Waals surface area contributed by atoms with Crippen LogP contribution < -0.4 is 5.73 Å². The molecule has 0 aliphatic heterocycles. The fraction of sp³-hybridized carbons (Fsp3) is 0.364. The molecule has 100 valence electrons. The number of thiazole rings is 1. The molecule has 1 fully saturated rings. The molecular weight excluding hydrogens is 277 g/mol. The maximum atomic E-state index is 12.5. The molecule has 2 aromatic rings. The van der Waals surface area contributed by atoms with E-state index in [1.807, 2.05) is 0 Å². The first-order valence-electron chi connectivity index (χ1n) is 5.61. The van der Waals surface area contributed by atoms with Crippen molar-refractivity contribution >= 4 is 17.2 Å². The van der Waals surface area contributed by atoms with Crippen LogP contribution in [0.1, 0.15) is 29.6 Å². The van der Waals surface area contributed by atoms with Crippen molar-refractivity contribution in [2.24, 2.45) is 0 Å². The van der Waals surface area contributed by atoms with E-state index in [-0.39, 0.29) is 11.7 Å². The lowest BCUT2D eigenvalue weighted by atomic mass is 10.3. The van der Waals surface area contributed by atoms with Gasteiger partial charge in [-0.3, -0.25) is 0 Å². The van der Waals surface area contributed by atoms with Crippen molar-refractivity contribution in [2.75, 3.05) is 5.73 Å². The summed E-state index contributed by atoms with van der Waals surface area (Å²) in [6.07, 6.45) is -1.26. The number of rotatable bonds is 2. The van der Waals surface area contributed by atoms with Crippen LogP contribution in [0.3, 0.4) is 0 Å². The molecule has 0 saturated heterocycles. The van der Waals surface area contributed by atoms with Gasteiger partial charge >= 0.3 is 6.18 Å². The van der Waals surface area contributed by atoms with Crippen LogP contribution in [0.25, 0.3) is 10.6 Å². The first-order chi connectivity index (χ1) is 8.93. The summed E-state index contributed by atoms with van der Waals surface area (Å²) in [4.78, 5) is 12.1. The Bertz CT molecular complexity index is 619. The summed E-state index contributed by atoms with van der Waals surface area (Å²) in [6.45, 7) is 0. The molecule has 0 radical (unpaired) electrons. The number of halogens is 3. The van der Waals surface area contributed by atoms with E-state index in [4.69, 9.17) is 5.73 Å². The molecule has 2 heterocycles. The molecule has 2 N–H and O–H groups in total. The molecule has 19 heavy (non-hydrogen) atoms. The molecular formula is C11H9F3N4S. The maximum absolute atomic E-state index is 12.5. The summed E-state index contributed by atoms with van der Waals surface area (Å²) in [6, 6.07) is 1.47. The summed E-state index contributed by atoms with van der Waals surface area (Å²) in [5.74, 6) is 1.17. The normalized spacial score (nSPS) is 15.7. The second-order valence-electron chi connectivity index (χ2n) is 4.34. The fourth-order valence-corrected chi connectivity index (χ4v) is 2.40. The van der Waals surface area contributed by atoms with Gasteiger partial charge in [0.15, 0.2) is 5.01 Å². The Morgan fingerprint density at radius 3 is 2.58 bits per heavy atom. The Labute approximate surface area is 110 Å². The summed E-state index contributed by atoms with van der Waals surface area (Å²) in [7, 11) is 0. The zero-order valence-electron chi connectivity index (χ0n) is 9.61. The van der Waals surface area contributed by atoms with Crippen molar-refractivity contribution in [3.05, 3.63) is 23.1 Å². The van der Waals surface area contributed by atoms with E-state index in [1.165, 1.54) is 12.3 Å². The highest BCUT2D eigenvalue weighted by molar-refractivity contribution is 7.15. The van der Waals surface area contributed by atoms with Crippen molar-refractivity contribution < 1.29 is 13.2 Å². The number of hydrogen-bond acceptors (Lipinski definition) is 5. The lowest BCUT2D eigenvalue weighted by molar-refractivity contribution is -0.137. The Morgan fingerprint density at radius 1 is 1.26 bits per heavy atom. The van der Waals surface area contributed by atoms with Gasteiger partial charge in [-0.05, 0) is 12.8 Å². The predicted molar refractivity (Wildman–Crippen MR) is 64.5 cm³/mol. The van der Waals surface area contributed by atoms with Crippen LogP contribution in [0.2, 0.25) is 0 Å². The summed E-state index contributed by atoms with van der Waals surface area (Å²) in [5.41, 5.74) is 6.07. The highest BCUT2D eigenvalue weighted by Gasteiger charge is 2.35. The molecule has 0 amide bonds. The molecule has 0 atom stereocenters. The number of nitrogens with two attached hydrogens (primary N) is 1. The number of hydrogen-bond donors (Lipinski definition) is 1. The topological polar surface area (TPSA) is 64.7 Å². The molecule has 0 aromatic carbocycles. The van der Waals surface area contributed by atoms with Gasteiger partial charge in [0.1, 0.15) is 11.6 Å². The van der Waals surface area contributed by atoms with Gasteiger partial charge < -0.3 is 5.73 Å². The molecule has 8 heteroatoms. The van der Waals surface area contributed by atoms with Crippen molar-refractivity contribution in [2.45, 2.75) is 24.9 Å². The minimum absolute atomic E-state index is 0.272. The zero-order chi connectivity index (χ0) is 13.6. The van der Waals surface area contributed by atoms with Gasteiger partial charge in [0.2, 0.25) is 0 Å². The monoisotopic (exact) mass is 286 g/mol. The van der Waals surface area contributed by atoms with Gasteiger partial charge in [-0.15, -0.1) is 11.3 Å².